The maximum Gasteiger partial charge on any atom is 0.258 e. The van der Waals surface area contributed by atoms with E-state index in [9.17, 15) is 4.79 Å². The summed E-state index contributed by atoms with van der Waals surface area (Å²) in [5.41, 5.74) is 0.996. The number of aromatic nitrogens is 3. The molecule has 0 N–H and O–H groups in total. The first kappa shape index (κ1) is 16.9. The number of para-hydroxylation sites is 1. The second-order valence-electron chi connectivity index (χ2n) is 7.26. The van der Waals surface area contributed by atoms with E-state index in [0.717, 1.165) is 42.8 Å². The molecule has 7 nitrogen and oxygen atoms in total. The molecule has 5 rings (SSSR count). The van der Waals surface area contributed by atoms with Crippen molar-refractivity contribution in [2.45, 2.75) is 18.9 Å². The molecular formula is C21H21N5O2. The van der Waals surface area contributed by atoms with Crippen molar-refractivity contribution in [2.75, 3.05) is 36.0 Å². The van der Waals surface area contributed by atoms with Gasteiger partial charge in [-0.3, -0.25) is 4.79 Å². The first-order valence-corrected chi connectivity index (χ1v) is 9.61. The van der Waals surface area contributed by atoms with Crippen LogP contribution in [0.2, 0.25) is 0 Å². The molecule has 2 aromatic heterocycles. The Morgan fingerprint density at radius 1 is 1.00 bits per heavy atom. The average molecular weight is 375 g/mol. The normalized spacial score (nSPS) is 17.6. The van der Waals surface area contributed by atoms with Gasteiger partial charge in [-0.2, -0.15) is 0 Å². The van der Waals surface area contributed by atoms with Crippen LogP contribution in [-0.4, -0.2) is 53.0 Å². The summed E-state index contributed by atoms with van der Waals surface area (Å²) in [6.45, 7) is 2.69. The lowest BCUT2D eigenvalue weighted by Gasteiger charge is -2.40. The Kier molecular flexibility index (Phi) is 4.27. The fourth-order valence-corrected chi connectivity index (χ4v) is 3.73. The van der Waals surface area contributed by atoms with Crippen LogP contribution < -0.4 is 14.5 Å². The van der Waals surface area contributed by atoms with E-state index in [1.807, 2.05) is 29.2 Å². The van der Waals surface area contributed by atoms with Gasteiger partial charge in [0.1, 0.15) is 11.9 Å². The molecule has 2 aliphatic rings. The van der Waals surface area contributed by atoms with E-state index >= 15 is 0 Å². The van der Waals surface area contributed by atoms with E-state index in [1.54, 1.807) is 12.4 Å². The second kappa shape index (κ2) is 7.07. The van der Waals surface area contributed by atoms with Gasteiger partial charge in [0.15, 0.2) is 11.6 Å². The topological polar surface area (TPSA) is 71.5 Å². The van der Waals surface area contributed by atoms with Crippen molar-refractivity contribution in [3.8, 4) is 5.88 Å². The monoisotopic (exact) mass is 375 g/mol. The number of carbonyl (C=O) groups is 1. The standard InChI is InChI=1S/C21H21N5O2/c27-16-5-3-11-25(12-16)20-21(23-10-9-22-20)28-17-13-26(14-17)19-8-7-15-4-1-2-6-18(15)24-19/h1-2,4,6-10,17H,3,5,11-14H2. The van der Waals surface area contributed by atoms with Crippen molar-refractivity contribution in [1.29, 1.82) is 0 Å². The van der Waals surface area contributed by atoms with E-state index in [-0.39, 0.29) is 11.9 Å². The first-order chi connectivity index (χ1) is 13.8. The number of hydrogen-bond acceptors (Lipinski definition) is 7. The van der Waals surface area contributed by atoms with Gasteiger partial charge in [-0.25, -0.2) is 15.0 Å². The first-order valence-electron chi connectivity index (χ1n) is 9.61. The summed E-state index contributed by atoms with van der Waals surface area (Å²) in [5.74, 6) is 2.37. The van der Waals surface area contributed by atoms with Crippen molar-refractivity contribution in [1.82, 2.24) is 15.0 Å². The van der Waals surface area contributed by atoms with Crippen LogP contribution in [0.25, 0.3) is 10.9 Å². The fraction of sp³-hybridized carbons (Fsp3) is 0.333. The van der Waals surface area contributed by atoms with Gasteiger partial charge in [-0.1, -0.05) is 18.2 Å². The van der Waals surface area contributed by atoms with E-state index < -0.39 is 0 Å². The maximum absolute atomic E-state index is 11.8. The highest BCUT2D eigenvalue weighted by molar-refractivity contribution is 5.84. The van der Waals surface area contributed by atoms with Crippen LogP contribution in [0.3, 0.4) is 0 Å². The number of nitrogens with zero attached hydrogens (tertiary/aromatic N) is 5. The minimum Gasteiger partial charge on any atom is -0.468 e. The van der Waals surface area contributed by atoms with Crippen LogP contribution >= 0.6 is 0 Å². The van der Waals surface area contributed by atoms with Crippen LogP contribution in [0.15, 0.2) is 48.8 Å². The Morgan fingerprint density at radius 3 is 2.75 bits per heavy atom. The Bertz CT molecular complexity index is 1020. The fourth-order valence-electron chi connectivity index (χ4n) is 3.73. The zero-order chi connectivity index (χ0) is 18.9. The van der Waals surface area contributed by atoms with Crippen molar-refractivity contribution in [3.63, 3.8) is 0 Å². The lowest BCUT2D eigenvalue weighted by Crippen LogP contribution is -2.54. The summed E-state index contributed by atoms with van der Waals surface area (Å²) >= 11 is 0. The summed E-state index contributed by atoms with van der Waals surface area (Å²) in [4.78, 5) is 29.5. The zero-order valence-corrected chi connectivity index (χ0v) is 15.5. The van der Waals surface area contributed by atoms with Gasteiger partial charge in [0, 0.05) is 30.7 Å². The molecule has 0 bridgehead atoms. The molecule has 1 aromatic carbocycles. The largest absolute Gasteiger partial charge is 0.468 e. The zero-order valence-electron chi connectivity index (χ0n) is 15.5. The van der Waals surface area contributed by atoms with E-state index in [4.69, 9.17) is 9.72 Å². The number of fused-ring (bicyclic) bond motifs is 1. The molecule has 0 amide bonds. The number of ether oxygens (including phenoxy) is 1. The predicted octanol–water partition coefficient (Wildman–Crippen LogP) is 2.46. The molecular weight excluding hydrogens is 354 g/mol. The Labute approximate surface area is 163 Å². The average Bonchev–Trinajstić information content (AvgIpc) is 2.70. The smallest absolute Gasteiger partial charge is 0.258 e. The minimum absolute atomic E-state index is 0.0317. The summed E-state index contributed by atoms with van der Waals surface area (Å²) in [6.07, 6.45) is 4.80. The Hall–Kier alpha value is -3.22. The Balaban J connectivity index is 1.27. The molecule has 3 aromatic rings. The third kappa shape index (κ3) is 3.24. The number of hydrogen-bond donors (Lipinski definition) is 0. The molecule has 0 unspecified atom stereocenters. The van der Waals surface area contributed by atoms with Crippen molar-refractivity contribution < 1.29 is 9.53 Å². The highest BCUT2D eigenvalue weighted by atomic mass is 16.5. The molecule has 2 aliphatic heterocycles. The third-order valence-corrected chi connectivity index (χ3v) is 5.23. The van der Waals surface area contributed by atoms with Gasteiger partial charge in [0.2, 0.25) is 0 Å². The SMILES string of the molecule is O=C1CCCN(c2nccnc2OC2CN(c3ccc4ccccc4n3)C2)C1. The molecule has 0 radical (unpaired) electrons. The molecule has 2 fully saturated rings. The molecule has 4 heterocycles. The van der Waals surface area contributed by atoms with Crippen LogP contribution in [0.4, 0.5) is 11.6 Å². The van der Waals surface area contributed by atoms with Crippen LogP contribution in [-0.2, 0) is 4.79 Å². The second-order valence-corrected chi connectivity index (χ2v) is 7.26. The summed E-state index contributed by atoms with van der Waals surface area (Å²) in [5, 5.41) is 1.14. The van der Waals surface area contributed by atoms with Gasteiger partial charge >= 0.3 is 0 Å². The third-order valence-electron chi connectivity index (χ3n) is 5.23. The number of piperidine rings is 1. The van der Waals surface area contributed by atoms with Crippen LogP contribution in [0.5, 0.6) is 5.88 Å². The van der Waals surface area contributed by atoms with Gasteiger partial charge in [-0.15, -0.1) is 0 Å². The molecule has 28 heavy (non-hydrogen) atoms. The molecule has 0 saturated carbocycles. The predicted molar refractivity (Wildman–Crippen MR) is 107 cm³/mol. The van der Waals surface area contributed by atoms with Gasteiger partial charge in [-0.05, 0) is 24.6 Å². The summed E-state index contributed by atoms with van der Waals surface area (Å²) in [7, 11) is 0. The van der Waals surface area contributed by atoms with E-state index in [1.165, 1.54) is 0 Å². The number of carbonyl (C=O) groups excluding carboxylic acids is 1. The molecule has 0 aliphatic carbocycles. The van der Waals surface area contributed by atoms with Gasteiger partial charge in [0.25, 0.3) is 5.88 Å². The van der Waals surface area contributed by atoms with E-state index in [2.05, 4.69) is 27.0 Å². The Morgan fingerprint density at radius 2 is 1.86 bits per heavy atom. The molecule has 2 saturated heterocycles. The van der Waals surface area contributed by atoms with Crippen LogP contribution in [0.1, 0.15) is 12.8 Å². The number of benzene rings is 1. The number of anilines is 2. The van der Waals surface area contributed by atoms with Gasteiger partial charge < -0.3 is 14.5 Å². The number of rotatable bonds is 4. The highest BCUT2D eigenvalue weighted by Crippen LogP contribution is 2.29. The quantitative estimate of drug-likeness (QED) is 0.694. The molecule has 0 atom stereocenters. The maximum atomic E-state index is 11.8. The highest BCUT2D eigenvalue weighted by Gasteiger charge is 2.32. The van der Waals surface area contributed by atoms with Crippen molar-refractivity contribution in [2.24, 2.45) is 0 Å². The van der Waals surface area contributed by atoms with Gasteiger partial charge in [0.05, 0.1) is 25.2 Å². The molecule has 7 heteroatoms. The van der Waals surface area contributed by atoms with Crippen molar-refractivity contribution >= 4 is 28.3 Å². The lowest BCUT2D eigenvalue weighted by molar-refractivity contribution is -0.118. The van der Waals surface area contributed by atoms with E-state index in [0.29, 0.717) is 24.7 Å². The minimum atomic E-state index is 0.0317. The molecule has 0 spiro atoms. The summed E-state index contributed by atoms with van der Waals surface area (Å²) < 4.78 is 6.11. The number of pyridine rings is 1. The molecule has 142 valence electrons. The number of Topliss-reactive ketones (excluding diaryl/α,β-unsaturated/α-hetero) is 1. The van der Waals surface area contributed by atoms with Crippen LogP contribution in [0, 0.1) is 0 Å². The summed E-state index contributed by atoms with van der Waals surface area (Å²) in [6, 6.07) is 12.3. The number of ketones is 1. The lowest BCUT2D eigenvalue weighted by atomic mass is 10.1. The van der Waals surface area contributed by atoms with Crippen molar-refractivity contribution in [3.05, 3.63) is 48.8 Å².